The van der Waals surface area contributed by atoms with Gasteiger partial charge in [-0.05, 0) is 102 Å². The molecule has 4 nitrogen and oxygen atoms in total. The van der Waals surface area contributed by atoms with E-state index in [1.54, 1.807) is 18.2 Å². The van der Waals surface area contributed by atoms with Crippen LogP contribution in [0.1, 0.15) is 50.1 Å². The molecule has 4 N–H and O–H groups in total. The van der Waals surface area contributed by atoms with E-state index in [0.717, 1.165) is 66.8 Å². The average molecular weight is 713 g/mol. The minimum Gasteiger partial charge on any atom is -0.508 e. The van der Waals surface area contributed by atoms with E-state index in [4.69, 9.17) is 0 Å². The van der Waals surface area contributed by atoms with E-state index >= 15 is 0 Å². The number of rotatable bonds is 6. The van der Waals surface area contributed by atoms with Crippen LogP contribution >= 0.6 is 0 Å². The maximum atomic E-state index is 10.8. The monoisotopic (exact) mass is 712 g/mol. The Bertz CT molecular complexity index is 2690. The molecule has 55 heavy (non-hydrogen) atoms. The highest BCUT2D eigenvalue weighted by Crippen LogP contribution is 2.58. The van der Waals surface area contributed by atoms with Gasteiger partial charge in [-0.2, -0.15) is 0 Å². The summed E-state index contributed by atoms with van der Waals surface area (Å²) in [6, 6.07) is 62.2. The quantitative estimate of drug-likeness (QED) is 0.129. The molecule has 0 spiro atoms. The molecule has 4 heteroatoms. The van der Waals surface area contributed by atoms with Crippen LogP contribution in [-0.2, 0) is 17.4 Å². The number of phenols is 3. The molecule has 0 radical (unpaired) electrons. The second-order valence-electron chi connectivity index (χ2n) is 14.5. The number of phenolic OH excluding ortho intramolecular Hbond substituents is 2. The van der Waals surface area contributed by atoms with Gasteiger partial charge in [0.2, 0.25) is 0 Å². The van der Waals surface area contributed by atoms with E-state index in [0.29, 0.717) is 5.56 Å². The zero-order valence-corrected chi connectivity index (χ0v) is 29.8. The maximum Gasteiger partial charge on any atom is 0.157 e. The van der Waals surface area contributed by atoms with E-state index in [-0.39, 0.29) is 23.9 Å². The zero-order valence-electron chi connectivity index (χ0n) is 29.8. The van der Waals surface area contributed by atoms with Crippen molar-refractivity contribution in [1.29, 1.82) is 0 Å². The standard InChI is InChI=1S/C51H36O4/c52-31-34-29-37(25-27-47(34)53)50(43-13-5-1-9-39(43)40-10-2-6-14-44(40)50)35-21-17-32(18-22-35)33-19-23-36(24-20-33)51(38-26-28-48(54)49(55)30-38)45-15-7-3-11-41(45)42-12-4-8-16-46(42)51/h1-30,52-55H,31H2. The Hall–Kier alpha value is -6.88. The number of aromatic hydroxyl groups is 3. The molecule has 0 heterocycles. The van der Waals surface area contributed by atoms with Crippen LogP contribution in [0, 0.1) is 0 Å². The Balaban J connectivity index is 1.12. The van der Waals surface area contributed by atoms with Gasteiger partial charge in [-0.15, -0.1) is 0 Å². The van der Waals surface area contributed by atoms with Crippen LogP contribution in [0.15, 0.2) is 182 Å². The van der Waals surface area contributed by atoms with Gasteiger partial charge in [0.05, 0.1) is 17.4 Å². The summed E-state index contributed by atoms with van der Waals surface area (Å²) in [5.41, 5.74) is 14.4. The van der Waals surface area contributed by atoms with Crippen molar-refractivity contribution >= 4 is 0 Å². The molecule has 264 valence electrons. The third kappa shape index (κ3) is 4.56. The molecular weight excluding hydrogens is 677 g/mol. The molecule has 2 aliphatic rings. The first-order valence-corrected chi connectivity index (χ1v) is 18.5. The second kappa shape index (κ2) is 12.3. The van der Waals surface area contributed by atoms with Gasteiger partial charge >= 0.3 is 0 Å². The Morgan fingerprint density at radius 1 is 0.327 bits per heavy atom. The smallest absolute Gasteiger partial charge is 0.157 e. The van der Waals surface area contributed by atoms with Gasteiger partial charge in [-0.1, -0.05) is 158 Å². The number of aliphatic hydroxyl groups excluding tert-OH is 1. The zero-order chi connectivity index (χ0) is 37.3. The van der Waals surface area contributed by atoms with Crippen molar-refractivity contribution in [2.24, 2.45) is 0 Å². The first kappa shape index (κ1) is 32.7. The summed E-state index contributed by atoms with van der Waals surface area (Å²) in [6.07, 6.45) is 0. The Morgan fingerprint density at radius 2 is 0.673 bits per heavy atom. The molecule has 0 aromatic heterocycles. The van der Waals surface area contributed by atoms with Crippen LogP contribution in [0.4, 0.5) is 0 Å². The predicted molar refractivity (Wildman–Crippen MR) is 217 cm³/mol. The molecule has 0 saturated carbocycles. The summed E-state index contributed by atoms with van der Waals surface area (Å²) in [5.74, 6) is -0.225. The fourth-order valence-corrected chi connectivity index (χ4v) is 9.57. The third-order valence-electron chi connectivity index (χ3n) is 12.0. The lowest BCUT2D eigenvalue weighted by molar-refractivity contribution is 0.275. The number of hydrogen-bond acceptors (Lipinski definition) is 4. The molecule has 0 saturated heterocycles. The second-order valence-corrected chi connectivity index (χ2v) is 14.5. The molecule has 2 aliphatic carbocycles. The van der Waals surface area contributed by atoms with Crippen molar-refractivity contribution in [3.05, 3.63) is 232 Å². The highest BCUT2D eigenvalue weighted by molar-refractivity contribution is 5.88. The first-order valence-electron chi connectivity index (χ1n) is 18.5. The number of benzene rings is 8. The van der Waals surface area contributed by atoms with Crippen molar-refractivity contribution in [2.45, 2.75) is 17.4 Å². The van der Waals surface area contributed by atoms with Crippen LogP contribution in [0.2, 0.25) is 0 Å². The summed E-state index contributed by atoms with van der Waals surface area (Å²) >= 11 is 0. The molecule has 0 bridgehead atoms. The number of fused-ring (bicyclic) bond motifs is 6. The molecule has 0 atom stereocenters. The third-order valence-corrected chi connectivity index (χ3v) is 12.0. The number of hydrogen-bond donors (Lipinski definition) is 4. The van der Waals surface area contributed by atoms with Crippen molar-refractivity contribution in [3.63, 3.8) is 0 Å². The van der Waals surface area contributed by atoms with E-state index in [2.05, 4.69) is 146 Å². The minimum absolute atomic E-state index is 0.0772. The van der Waals surface area contributed by atoms with Crippen molar-refractivity contribution in [2.75, 3.05) is 0 Å². The molecular formula is C51H36O4. The summed E-state index contributed by atoms with van der Waals surface area (Å²) < 4.78 is 0. The van der Waals surface area contributed by atoms with Gasteiger partial charge in [0, 0.05) is 5.56 Å². The van der Waals surface area contributed by atoms with E-state index < -0.39 is 10.8 Å². The average Bonchev–Trinajstić information content (AvgIpc) is 3.71. The van der Waals surface area contributed by atoms with Gasteiger partial charge in [-0.25, -0.2) is 0 Å². The van der Waals surface area contributed by atoms with Crippen molar-refractivity contribution in [1.82, 2.24) is 0 Å². The van der Waals surface area contributed by atoms with Crippen LogP contribution in [0.25, 0.3) is 33.4 Å². The van der Waals surface area contributed by atoms with E-state index in [1.165, 1.54) is 11.1 Å². The van der Waals surface area contributed by atoms with E-state index in [1.807, 2.05) is 18.2 Å². The maximum absolute atomic E-state index is 10.8. The predicted octanol–water partition coefficient (Wildman–Crippen LogP) is 10.7. The highest BCUT2D eigenvalue weighted by Gasteiger charge is 2.47. The van der Waals surface area contributed by atoms with E-state index in [9.17, 15) is 20.4 Å². The van der Waals surface area contributed by atoms with Crippen LogP contribution in [-0.4, -0.2) is 20.4 Å². The Morgan fingerprint density at radius 3 is 1.05 bits per heavy atom. The minimum atomic E-state index is -0.714. The topological polar surface area (TPSA) is 80.9 Å². The van der Waals surface area contributed by atoms with Crippen molar-refractivity contribution < 1.29 is 20.4 Å². The van der Waals surface area contributed by atoms with Gasteiger partial charge in [0.25, 0.3) is 0 Å². The van der Waals surface area contributed by atoms with Gasteiger partial charge in [0.15, 0.2) is 11.5 Å². The lowest BCUT2D eigenvalue weighted by Crippen LogP contribution is -2.28. The Kier molecular flexibility index (Phi) is 7.35. The van der Waals surface area contributed by atoms with Gasteiger partial charge in [0.1, 0.15) is 5.75 Å². The summed E-state index contributed by atoms with van der Waals surface area (Å²) in [7, 11) is 0. The highest BCUT2D eigenvalue weighted by atomic mass is 16.3. The fraction of sp³-hybridized carbons (Fsp3) is 0.0588. The molecule has 8 aromatic carbocycles. The molecule has 0 amide bonds. The summed E-state index contributed by atoms with van der Waals surface area (Å²) in [6.45, 7) is -0.264. The number of aliphatic hydroxyl groups is 1. The van der Waals surface area contributed by atoms with Crippen molar-refractivity contribution in [3.8, 4) is 50.6 Å². The van der Waals surface area contributed by atoms with Crippen LogP contribution in [0.3, 0.4) is 0 Å². The fourth-order valence-electron chi connectivity index (χ4n) is 9.57. The summed E-state index contributed by atoms with van der Waals surface area (Å²) in [5, 5.41) is 41.9. The normalized spacial score (nSPS) is 14.1. The Labute approximate surface area is 319 Å². The lowest BCUT2D eigenvalue weighted by Gasteiger charge is -2.34. The van der Waals surface area contributed by atoms with Crippen LogP contribution in [0.5, 0.6) is 17.2 Å². The largest absolute Gasteiger partial charge is 0.508 e. The molecule has 0 unspecified atom stereocenters. The SMILES string of the molecule is OCc1cc(C2(c3ccc(-c4ccc(C5(c6ccc(O)c(O)c6)c6ccccc6-c6ccccc65)cc4)cc3)c3ccccc3-c3ccccc32)ccc1O. The van der Waals surface area contributed by atoms with Gasteiger partial charge in [-0.3, -0.25) is 0 Å². The first-order chi connectivity index (χ1) is 27.0. The van der Waals surface area contributed by atoms with Gasteiger partial charge < -0.3 is 20.4 Å². The summed E-state index contributed by atoms with van der Waals surface area (Å²) in [4.78, 5) is 0. The molecule has 0 aliphatic heterocycles. The molecule has 0 fully saturated rings. The molecule has 10 rings (SSSR count). The van der Waals surface area contributed by atoms with Crippen LogP contribution < -0.4 is 0 Å². The lowest BCUT2D eigenvalue weighted by atomic mass is 9.67. The molecule has 8 aromatic rings.